The highest BCUT2D eigenvalue weighted by Gasteiger charge is 2.21. The molecule has 1 heterocycles. The molecule has 0 unspecified atom stereocenters. The van der Waals surface area contributed by atoms with Crippen molar-refractivity contribution in [2.75, 3.05) is 13.3 Å². The third-order valence-electron chi connectivity index (χ3n) is 4.29. The van der Waals surface area contributed by atoms with Gasteiger partial charge in [0, 0.05) is 10.6 Å². The minimum absolute atomic E-state index is 0.764. The largest absolute Gasteiger partial charge is 0.221 e. The molecule has 1 aromatic heterocycles. The maximum atomic E-state index is 6.64. The Kier molecular flexibility index (Phi) is 4.71. The van der Waals surface area contributed by atoms with Gasteiger partial charge in [-0.05, 0) is 75.4 Å². The van der Waals surface area contributed by atoms with E-state index in [-0.39, 0.29) is 0 Å². The van der Waals surface area contributed by atoms with E-state index in [0.29, 0.717) is 0 Å². The van der Waals surface area contributed by atoms with Crippen LogP contribution in [0.1, 0.15) is 35.2 Å². The summed E-state index contributed by atoms with van der Waals surface area (Å²) in [5, 5.41) is 6.36. The number of benzene rings is 1. The minimum Gasteiger partial charge on any atom is -0.221 e. The zero-order chi connectivity index (χ0) is 16.8. The maximum absolute atomic E-state index is 6.64. The number of hydrogen-bond donors (Lipinski definition) is 0. The normalized spacial score (nSPS) is 14.8. The molecule has 0 radical (unpaired) electrons. The van der Waals surface area contributed by atoms with Crippen molar-refractivity contribution in [2.24, 2.45) is 0 Å². The van der Waals surface area contributed by atoms with Crippen LogP contribution in [0.25, 0.3) is 5.69 Å². The molecule has 124 valence electrons. The van der Waals surface area contributed by atoms with E-state index in [1.54, 1.807) is 0 Å². The molecule has 0 fully saturated rings. The van der Waals surface area contributed by atoms with Crippen LogP contribution >= 0.6 is 30.1 Å². The van der Waals surface area contributed by atoms with E-state index >= 15 is 0 Å². The Morgan fingerprint density at radius 1 is 1.22 bits per heavy atom. The summed E-state index contributed by atoms with van der Waals surface area (Å²) in [6.45, 7) is 5.31. The second-order valence-corrected chi connectivity index (χ2v) is 12.1. The SMILES string of the molecule is C=P(C)(C)Cc1cc(-n2nc3c(c2Cl)CCCC3)c(C)cc1Cl. The summed E-state index contributed by atoms with van der Waals surface area (Å²) < 4.78 is 1.90. The number of hydrogen-bond acceptors (Lipinski definition) is 1. The Hall–Kier alpha value is -0.690. The molecule has 5 heteroatoms. The van der Waals surface area contributed by atoms with Crippen LogP contribution in [0.15, 0.2) is 12.1 Å². The number of nitrogens with zero attached hydrogens (tertiary/aromatic N) is 2. The fraction of sp³-hybridized carbons (Fsp3) is 0.444. The van der Waals surface area contributed by atoms with Crippen LogP contribution in [0.5, 0.6) is 0 Å². The molecule has 0 saturated heterocycles. The average molecular weight is 369 g/mol. The molecule has 0 atom stereocenters. The fourth-order valence-corrected chi connectivity index (χ4v) is 5.08. The Morgan fingerprint density at radius 3 is 2.57 bits per heavy atom. The van der Waals surface area contributed by atoms with Gasteiger partial charge in [-0.3, -0.25) is 0 Å². The molecule has 0 amide bonds. The van der Waals surface area contributed by atoms with Crippen LogP contribution in [0.4, 0.5) is 0 Å². The van der Waals surface area contributed by atoms with Crippen LogP contribution in [-0.2, 0) is 19.0 Å². The van der Waals surface area contributed by atoms with Gasteiger partial charge in [-0.1, -0.05) is 23.2 Å². The second kappa shape index (κ2) is 6.31. The summed E-state index contributed by atoms with van der Waals surface area (Å²) in [7, 11) is 0. The van der Waals surface area contributed by atoms with E-state index < -0.39 is 6.89 Å². The quantitative estimate of drug-likeness (QED) is 0.647. The van der Waals surface area contributed by atoms with E-state index in [1.165, 1.54) is 18.4 Å². The van der Waals surface area contributed by atoms with Crippen molar-refractivity contribution in [3.8, 4) is 5.69 Å². The van der Waals surface area contributed by atoms with Crippen molar-refractivity contribution in [2.45, 2.75) is 38.8 Å². The standard InChI is InChI=1S/C18H23Cl2N2P/c1-12-9-15(19)13(11-23(2,3)4)10-17(12)22-18(20)14-7-5-6-8-16(14)21-22/h9-10H,2,5-8,11H2,1,3-4H3. The van der Waals surface area contributed by atoms with Gasteiger partial charge < -0.3 is 0 Å². The average Bonchev–Trinajstić information content (AvgIpc) is 2.78. The first kappa shape index (κ1) is 17.1. The molecule has 1 aromatic carbocycles. The van der Waals surface area contributed by atoms with E-state index in [1.807, 2.05) is 10.7 Å². The Bertz CT molecular complexity index is 802. The van der Waals surface area contributed by atoms with Crippen molar-refractivity contribution < 1.29 is 0 Å². The lowest BCUT2D eigenvalue weighted by Crippen LogP contribution is -2.02. The lowest BCUT2D eigenvalue weighted by Gasteiger charge is -2.17. The number of aryl methyl sites for hydroxylation is 2. The van der Waals surface area contributed by atoms with Crippen molar-refractivity contribution in [3.05, 3.63) is 44.7 Å². The first-order chi connectivity index (χ1) is 10.8. The summed E-state index contributed by atoms with van der Waals surface area (Å²) in [5.74, 6) is 0. The van der Waals surface area contributed by atoms with Crippen molar-refractivity contribution in [3.63, 3.8) is 0 Å². The van der Waals surface area contributed by atoms with Gasteiger partial charge in [0.2, 0.25) is 0 Å². The molecule has 0 bridgehead atoms. The van der Waals surface area contributed by atoms with Gasteiger partial charge in [0.05, 0.1) is 11.4 Å². The second-order valence-electron chi connectivity index (χ2n) is 7.16. The molecule has 1 aliphatic rings. The number of rotatable bonds is 3. The first-order valence-electron chi connectivity index (χ1n) is 7.99. The molecule has 0 spiro atoms. The molecule has 0 aliphatic heterocycles. The van der Waals surface area contributed by atoms with Crippen molar-refractivity contribution in [1.82, 2.24) is 9.78 Å². The lowest BCUT2D eigenvalue weighted by atomic mass is 9.98. The van der Waals surface area contributed by atoms with Crippen LogP contribution < -0.4 is 0 Å². The summed E-state index contributed by atoms with van der Waals surface area (Å²) in [6, 6.07) is 4.17. The maximum Gasteiger partial charge on any atom is 0.136 e. The molecule has 0 N–H and O–H groups in total. The van der Waals surface area contributed by atoms with E-state index in [4.69, 9.17) is 28.3 Å². The highest BCUT2D eigenvalue weighted by atomic mass is 35.5. The fourth-order valence-electron chi connectivity index (χ4n) is 3.19. The molecular weight excluding hydrogens is 346 g/mol. The number of halogens is 2. The Morgan fingerprint density at radius 2 is 1.91 bits per heavy atom. The first-order valence-corrected chi connectivity index (χ1v) is 11.8. The van der Waals surface area contributed by atoms with E-state index in [2.05, 4.69) is 32.6 Å². The van der Waals surface area contributed by atoms with Gasteiger partial charge >= 0.3 is 0 Å². The molecule has 2 nitrogen and oxygen atoms in total. The topological polar surface area (TPSA) is 17.8 Å². The predicted octanol–water partition coefficient (Wildman–Crippen LogP) is 5.58. The highest BCUT2D eigenvalue weighted by molar-refractivity contribution is 7.71. The summed E-state index contributed by atoms with van der Waals surface area (Å²) in [4.78, 5) is 0. The van der Waals surface area contributed by atoms with Crippen molar-refractivity contribution in [1.29, 1.82) is 0 Å². The molecule has 23 heavy (non-hydrogen) atoms. The minimum atomic E-state index is -1.21. The van der Waals surface area contributed by atoms with Crippen LogP contribution in [0.2, 0.25) is 10.2 Å². The van der Waals surface area contributed by atoms with Gasteiger partial charge in [0.15, 0.2) is 0 Å². The zero-order valence-electron chi connectivity index (χ0n) is 14.0. The van der Waals surface area contributed by atoms with Crippen LogP contribution in [0, 0.1) is 6.92 Å². The van der Waals surface area contributed by atoms with Crippen LogP contribution in [-0.4, -0.2) is 29.4 Å². The molecule has 1 aliphatic carbocycles. The van der Waals surface area contributed by atoms with Gasteiger partial charge in [-0.2, -0.15) is 5.10 Å². The molecule has 2 aromatic rings. The Labute approximate surface area is 148 Å². The van der Waals surface area contributed by atoms with Crippen LogP contribution in [0.3, 0.4) is 0 Å². The smallest absolute Gasteiger partial charge is 0.136 e. The monoisotopic (exact) mass is 368 g/mol. The molecule has 3 rings (SSSR count). The highest BCUT2D eigenvalue weighted by Crippen LogP contribution is 2.42. The summed E-state index contributed by atoms with van der Waals surface area (Å²) >= 11 is 13.1. The van der Waals surface area contributed by atoms with Crippen molar-refractivity contribution >= 4 is 36.4 Å². The summed E-state index contributed by atoms with van der Waals surface area (Å²) in [6.07, 6.45) is 9.69. The number of aromatic nitrogens is 2. The third-order valence-corrected chi connectivity index (χ3v) is 6.22. The van der Waals surface area contributed by atoms with Gasteiger partial charge in [0.25, 0.3) is 0 Å². The molecule has 0 saturated carbocycles. The predicted molar refractivity (Wildman–Crippen MR) is 105 cm³/mol. The van der Waals surface area contributed by atoms with E-state index in [9.17, 15) is 0 Å². The van der Waals surface area contributed by atoms with Gasteiger partial charge in [-0.25, -0.2) is 4.68 Å². The zero-order valence-corrected chi connectivity index (χ0v) is 16.4. The van der Waals surface area contributed by atoms with Gasteiger partial charge in [-0.15, -0.1) is 13.2 Å². The Balaban J connectivity index is 2.11. The molecular formula is C18H23Cl2N2P. The van der Waals surface area contributed by atoms with Gasteiger partial charge in [0.1, 0.15) is 5.15 Å². The number of fused-ring (bicyclic) bond motifs is 1. The van der Waals surface area contributed by atoms with E-state index in [0.717, 1.165) is 51.7 Å². The third kappa shape index (κ3) is 3.55. The lowest BCUT2D eigenvalue weighted by molar-refractivity contribution is 0.671. The summed E-state index contributed by atoms with van der Waals surface area (Å²) in [5.41, 5.74) is 5.66.